The van der Waals surface area contributed by atoms with E-state index < -0.39 is 0 Å². The molecule has 1 atom stereocenters. The molecule has 2 rings (SSSR count). The van der Waals surface area contributed by atoms with Crippen LogP contribution in [-0.4, -0.2) is 24.2 Å². The van der Waals surface area contributed by atoms with Gasteiger partial charge in [0.1, 0.15) is 5.25 Å². The van der Waals surface area contributed by atoms with Gasteiger partial charge in [-0.1, -0.05) is 12.1 Å². The van der Waals surface area contributed by atoms with E-state index in [1.807, 2.05) is 31.2 Å². The Morgan fingerprint density at radius 3 is 3.20 bits per heavy atom. The molecule has 0 unspecified atom stereocenters. The number of amides is 1. The van der Waals surface area contributed by atoms with Gasteiger partial charge in [0.2, 0.25) is 5.91 Å². The molecule has 1 aromatic carbocycles. The van der Waals surface area contributed by atoms with Gasteiger partial charge in [0.15, 0.2) is 0 Å². The summed E-state index contributed by atoms with van der Waals surface area (Å²) in [4.78, 5) is 12.8. The Labute approximate surface area is 93.6 Å². The molecule has 3 nitrogen and oxygen atoms in total. The lowest BCUT2D eigenvalue weighted by molar-refractivity contribution is -0.120. The lowest BCUT2D eigenvalue weighted by atomic mass is 10.3. The lowest BCUT2D eigenvalue weighted by Gasteiger charge is -2.24. The van der Waals surface area contributed by atoms with E-state index in [4.69, 9.17) is 0 Å². The summed E-state index contributed by atoms with van der Waals surface area (Å²) in [5.74, 6) is 0.115. The van der Waals surface area contributed by atoms with Crippen molar-refractivity contribution in [2.45, 2.75) is 17.1 Å². The van der Waals surface area contributed by atoms with Crippen LogP contribution in [0.15, 0.2) is 29.2 Å². The van der Waals surface area contributed by atoms with Crippen molar-refractivity contribution in [2.75, 3.05) is 18.4 Å². The molecule has 15 heavy (non-hydrogen) atoms. The van der Waals surface area contributed by atoms with Crippen molar-refractivity contribution < 1.29 is 4.79 Å². The SMILES string of the molecule is CCNC(=O)[C@@H]1CNc2ccccc2S1. The molecule has 1 aliphatic heterocycles. The second-order valence-electron chi connectivity index (χ2n) is 3.38. The molecule has 0 bridgehead atoms. The van der Waals surface area contributed by atoms with Crippen molar-refractivity contribution in [1.82, 2.24) is 5.32 Å². The highest BCUT2D eigenvalue weighted by Crippen LogP contribution is 2.34. The van der Waals surface area contributed by atoms with E-state index in [1.54, 1.807) is 11.8 Å². The summed E-state index contributed by atoms with van der Waals surface area (Å²) in [5, 5.41) is 6.10. The summed E-state index contributed by atoms with van der Waals surface area (Å²) >= 11 is 1.63. The molecule has 0 spiro atoms. The highest BCUT2D eigenvalue weighted by molar-refractivity contribution is 8.00. The molecular formula is C11H14N2OS. The molecule has 0 radical (unpaired) electrons. The average molecular weight is 222 g/mol. The monoisotopic (exact) mass is 222 g/mol. The van der Waals surface area contributed by atoms with Gasteiger partial charge in [0, 0.05) is 23.7 Å². The average Bonchev–Trinajstić information content (AvgIpc) is 2.29. The van der Waals surface area contributed by atoms with Gasteiger partial charge in [-0.2, -0.15) is 0 Å². The van der Waals surface area contributed by atoms with Crippen LogP contribution in [0.1, 0.15) is 6.92 Å². The summed E-state index contributed by atoms with van der Waals surface area (Å²) in [6.07, 6.45) is 0. The van der Waals surface area contributed by atoms with Crippen molar-refractivity contribution in [3.8, 4) is 0 Å². The number of benzene rings is 1. The third-order valence-corrected chi connectivity index (χ3v) is 3.55. The third-order valence-electron chi connectivity index (χ3n) is 2.28. The first-order chi connectivity index (χ1) is 7.31. The van der Waals surface area contributed by atoms with E-state index in [0.717, 1.165) is 10.6 Å². The Morgan fingerprint density at radius 1 is 1.60 bits per heavy atom. The molecule has 0 saturated heterocycles. The number of para-hydroxylation sites is 1. The Hall–Kier alpha value is -1.16. The van der Waals surface area contributed by atoms with E-state index in [1.165, 1.54) is 0 Å². The predicted molar refractivity (Wildman–Crippen MR) is 63.3 cm³/mol. The van der Waals surface area contributed by atoms with Gasteiger partial charge in [-0.15, -0.1) is 11.8 Å². The smallest absolute Gasteiger partial charge is 0.235 e. The fraction of sp³-hybridized carbons (Fsp3) is 0.364. The van der Waals surface area contributed by atoms with Gasteiger partial charge >= 0.3 is 0 Å². The summed E-state index contributed by atoms with van der Waals surface area (Å²) < 4.78 is 0. The fourth-order valence-corrected chi connectivity index (χ4v) is 2.64. The standard InChI is InChI=1S/C11H14N2OS/c1-2-12-11(14)10-7-13-8-5-3-4-6-9(8)15-10/h3-6,10,13H,2,7H2,1H3,(H,12,14)/t10-/m0/s1. The number of carbonyl (C=O) groups excluding carboxylic acids is 1. The van der Waals surface area contributed by atoms with Crippen molar-refractivity contribution in [1.29, 1.82) is 0 Å². The molecule has 0 saturated carbocycles. The zero-order valence-electron chi connectivity index (χ0n) is 8.62. The Balaban J connectivity index is 2.08. The van der Waals surface area contributed by atoms with Gasteiger partial charge < -0.3 is 10.6 Å². The van der Waals surface area contributed by atoms with Crippen molar-refractivity contribution >= 4 is 23.4 Å². The Morgan fingerprint density at radius 2 is 2.40 bits per heavy atom. The van der Waals surface area contributed by atoms with Crippen molar-refractivity contribution in [3.05, 3.63) is 24.3 Å². The van der Waals surface area contributed by atoms with E-state index in [0.29, 0.717) is 13.1 Å². The van der Waals surface area contributed by atoms with Gasteiger partial charge in [-0.3, -0.25) is 4.79 Å². The van der Waals surface area contributed by atoms with Gasteiger partial charge in [0.05, 0.1) is 0 Å². The first-order valence-electron chi connectivity index (χ1n) is 5.08. The van der Waals surface area contributed by atoms with Crippen LogP contribution in [0.4, 0.5) is 5.69 Å². The minimum Gasteiger partial charge on any atom is -0.382 e. The maximum Gasteiger partial charge on any atom is 0.235 e. The number of fused-ring (bicyclic) bond motifs is 1. The van der Waals surface area contributed by atoms with Crippen molar-refractivity contribution in [3.63, 3.8) is 0 Å². The molecule has 1 amide bonds. The van der Waals surface area contributed by atoms with Crippen molar-refractivity contribution in [2.24, 2.45) is 0 Å². The Kier molecular flexibility index (Phi) is 3.16. The summed E-state index contributed by atoms with van der Waals surface area (Å²) in [6, 6.07) is 8.07. The zero-order chi connectivity index (χ0) is 10.7. The van der Waals surface area contributed by atoms with Crippen LogP contribution >= 0.6 is 11.8 Å². The molecule has 1 aromatic rings. The second kappa shape index (κ2) is 4.57. The topological polar surface area (TPSA) is 41.1 Å². The number of hydrogen-bond donors (Lipinski definition) is 2. The lowest BCUT2D eigenvalue weighted by Crippen LogP contribution is -2.38. The largest absolute Gasteiger partial charge is 0.382 e. The van der Waals surface area contributed by atoms with Crippen LogP contribution in [0.5, 0.6) is 0 Å². The normalized spacial score (nSPS) is 18.9. The molecule has 2 N–H and O–H groups in total. The van der Waals surface area contributed by atoms with Crippen LogP contribution < -0.4 is 10.6 Å². The van der Waals surface area contributed by atoms with Crippen LogP contribution in [0, 0.1) is 0 Å². The zero-order valence-corrected chi connectivity index (χ0v) is 9.43. The van der Waals surface area contributed by atoms with E-state index in [2.05, 4.69) is 10.6 Å². The molecule has 1 aliphatic rings. The first-order valence-corrected chi connectivity index (χ1v) is 5.96. The first kappa shape index (κ1) is 10.4. The molecule has 0 aliphatic carbocycles. The highest BCUT2D eigenvalue weighted by Gasteiger charge is 2.24. The molecule has 1 heterocycles. The highest BCUT2D eigenvalue weighted by atomic mass is 32.2. The number of rotatable bonds is 2. The van der Waals surface area contributed by atoms with Crippen LogP contribution in [-0.2, 0) is 4.79 Å². The quantitative estimate of drug-likeness (QED) is 0.800. The molecule has 0 fully saturated rings. The molecule has 4 heteroatoms. The van der Waals surface area contributed by atoms with E-state index in [9.17, 15) is 4.79 Å². The molecular weight excluding hydrogens is 208 g/mol. The minimum absolute atomic E-state index is 0.0140. The molecule has 80 valence electrons. The number of carbonyl (C=O) groups is 1. The number of thioether (sulfide) groups is 1. The maximum atomic E-state index is 11.6. The summed E-state index contributed by atoms with van der Waals surface area (Å²) in [7, 11) is 0. The number of anilines is 1. The molecule has 0 aromatic heterocycles. The minimum atomic E-state index is -0.0140. The number of hydrogen-bond acceptors (Lipinski definition) is 3. The fourth-order valence-electron chi connectivity index (χ4n) is 1.55. The maximum absolute atomic E-state index is 11.6. The predicted octanol–water partition coefficient (Wildman–Crippen LogP) is 1.71. The van der Waals surface area contributed by atoms with Gasteiger partial charge in [0.25, 0.3) is 0 Å². The van der Waals surface area contributed by atoms with E-state index in [-0.39, 0.29) is 11.2 Å². The Bertz CT molecular complexity index is 367. The van der Waals surface area contributed by atoms with Crippen LogP contribution in [0.25, 0.3) is 0 Å². The summed E-state index contributed by atoms with van der Waals surface area (Å²) in [5.41, 5.74) is 1.13. The summed E-state index contributed by atoms with van der Waals surface area (Å²) in [6.45, 7) is 3.33. The van der Waals surface area contributed by atoms with Gasteiger partial charge in [-0.25, -0.2) is 0 Å². The van der Waals surface area contributed by atoms with E-state index >= 15 is 0 Å². The number of nitrogens with one attached hydrogen (secondary N) is 2. The third kappa shape index (κ3) is 2.26. The van der Waals surface area contributed by atoms with Crippen LogP contribution in [0.2, 0.25) is 0 Å². The second-order valence-corrected chi connectivity index (χ2v) is 4.62. The van der Waals surface area contributed by atoms with Gasteiger partial charge in [-0.05, 0) is 19.1 Å². The van der Waals surface area contributed by atoms with Crippen LogP contribution in [0.3, 0.4) is 0 Å².